The summed E-state index contributed by atoms with van der Waals surface area (Å²) in [4.78, 5) is 0. The molecular formula is C22H26N4O2S. The van der Waals surface area contributed by atoms with E-state index in [-0.39, 0.29) is 0 Å². The molecule has 0 saturated heterocycles. The van der Waals surface area contributed by atoms with Gasteiger partial charge in [0.1, 0.15) is 0 Å². The second-order valence-electron chi connectivity index (χ2n) is 6.31. The van der Waals surface area contributed by atoms with Crippen molar-refractivity contribution in [2.45, 2.75) is 31.8 Å². The van der Waals surface area contributed by atoms with Crippen LogP contribution in [-0.2, 0) is 6.42 Å². The lowest BCUT2D eigenvalue weighted by molar-refractivity contribution is 0.277. The highest BCUT2D eigenvalue weighted by atomic mass is 32.2. The van der Waals surface area contributed by atoms with Crippen LogP contribution in [0.4, 0.5) is 0 Å². The Hall–Kier alpha value is -2.80. The molecule has 0 radical (unpaired) electrons. The van der Waals surface area contributed by atoms with Crippen molar-refractivity contribution in [3.8, 4) is 11.5 Å². The lowest BCUT2D eigenvalue weighted by atomic mass is 10.1. The molecule has 0 amide bonds. The first-order chi connectivity index (χ1) is 14.2. The third kappa shape index (κ3) is 5.60. The lowest BCUT2D eigenvalue weighted by Gasteiger charge is -2.12. The van der Waals surface area contributed by atoms with E-state index >= 15 is 0 Å². The summed E-state index contributed by atoms with van der Waals surface area (Å²) in [6.45, 7) is 5.28. The van der Waals surface area contributed by atoms with Crippen LogP contribution in [0, 0.1) is 0 Å². The second kappa shape index (κ2) is 10.7. The van der Waals surface area contributed by atoms with E-state index in [4.69, 9.17) is 9.47 Å². The Morgan fingerprint density at radius 3 is 2.59 bits per heavy atom. The fourth-order valence-corrected chi connectivity index (χ4v) is 3.20. The average molecular weight is 411 g/mol. The minimum atomic E-state index is 0.576. The molecular weight excluding hydrogens is 384 g/mol. The molecule has 0 atom stereocenters. The first kappa shape index (κ1) is 20.9. The number of benzene rings is 2. The van der Waals surface area contributed by atoms with E-state index in [0.29, 0.717) is 19.6 Å². The quantitative estimate of drug-likeness (QED) is 0.359. The predicted molar refractivity (Wildman–Crippen MR) is 117 cm³/mol. The molecule has 7 heteroatoms. The standard InChI is InChI=1S/C22H26N4O2S/c1-4-13-28-19-12-11-18(14-20(19)27-5-2)16-23-26-21(24-25-22(26)29-3)15-17-9-7-6-8-10-17/h6-12,14,16H,4-5,13,15H2,1-3H3/b23-16-. The van der Waals surface area contributed by atoms with Gasteiger partial charge in [-0.3, -0.25) is 0 Å². The Balaban J connectivity index is 1.85. The average Bonchev–Trinajstić information content (AvgIpc) is 3.14. The van der Waals surface area contributed by atoms with Crippen LogP contribution in [0.2, 0.25) is 0 Å². The molecule has 1 heterocycles. The minimum absolute atomic E-state index is 0.576. The van der Waals surface area contributed by atoms with Crippen LogP contribution in [0.3, 0.4) is 0 Å². The molecule has 0 saturated carbocycles. The van der Waals surface area contributed by atoms with E-state index in [1.165, 1.54) is 17.3 Å². The highest BCUT2D eigenvalue weighted by Gasteiger charge is 2.11. The molecule has 0 aliphatic carbocycles. The summed E-state index contributed by atoms with van der Waals surface area (Å²) in [7, 11) is 0. The molecule has 0 aliphatic rings. The molecule has 2 aromatic carbocycles. The van der Waals surface area contributed by atoms with Crippen molar-refractivity contribution in [2.75, 3.05) is 19.5 Å². The fraction of sp³-hybridized carbons (Fsp3) is 0.318. The van der Waals surface area contributed by atoms with E-state index in [2.05, 4.69) is 34.4 Å². The van der Waals surface area contributed by atoms with Gasteiger partial charge in [0.2, 0.25) is 5.16 Å². The van der Waals surface area contributed by atoms with Crippen LogP contribution in [-0.4, -0.2) is 40.6 Å². The number of thioether (sulfide) groups is 1. The maximum Gasteiger partial charge on any atom is 0.211 e. The molecule has 0 fully saturated rings. The third-order valence-corrected chi connectivity index (χ3v) is 4.74. The van der Waals surface area contributed by atoms with Gasteiger partial charge >= 0.3 is 0 Å². The minimum Gasteiger partial charge on any atom is -0.490 e. The van der Waals surface area contributed by atoms with Crippen LogP contribution in [0.15, 0.2) is 58.8 Å². The van der Waals surface area contributed by atoms with Crippen molar-refractivity contribution in [3.63, 3.8) is 0 Å². The summed E-state index contributed by atoms with van der Waals surface area (Å²) in [6, 6.07) is 16.0. The molecule has 1 aromatic heterocycles. The van der Waals surface area contributed by atoms with Gasteiger partial charge in [0.25, 0.3) is 0 Å². The zero-order valence-electron chi connectivity index (χ0n) is 17.0. The van der Waals surface area contributed by atoms with Crippen LogP contribution in [0.5, 0.6) is 11.5 Å². The summed E-state index contributed by atoms with van der Waals surface area (Å²) in [6.07, 6.45) is 5.38. The molecule has 3 rings (SSSR count). The van der Waals surface area contributed by atoms with Crippen molar-refractivity contribution >= 4 is 18.0 Å². The zero-order chi connectivity index (χ0) is 20.5. The largest absolute Gasteiger partial charge is 0.490 e. The molecule has 6 nitrogen and oxygen atoms in total. The normalized spacial score (nSPS) is 11.1. The fourth-order valence-electron chi connectivity index (χ4n) is 2.76. The smallest absolute Gasteiger partial charge is 0.211 e. The molecule has 0 unspecified atom stereocenters. The molecule has 0 spiro atoms. The van der Waals surface area contributed by atoms with E-state index < -0.39 is 0 Å². The zero-order valence-corrected chi connectivity index (χ0v) is 17.9. The molecule has 3 aromatic rings. The van der Waals surface area contributed by atoms with Crippen molar-refractivity contribution in [3.05, 3.63) is 65.5 Å². The Morgan fingerprint density at radius 2 is 1.86 bits per heavy atom. The van der Waals surface area contributed by atoms with E-state index in [0.717, 1.165) is 34.5 Å². The van der Waals surface area contributed by atoms with Crippen LogP contribution in [0.1, 0.15) is 37.2 Å². The molecule has 0 N–H and O–H groups in total. The monoisotopic (exact) mass is 410 g/mol. The predicted octanol–water partition coefficient (Wildman–Crippen LogP) is 4.66. The first-order valence-corrected chi connectivity index (χ1v) is 10.9. The van der Waals surface area contributed by atoms with Crippen molar-refractivity contribution < 1.29 is 9.47 Å². The second-order valence-corrected chi connectivity index (χ2v) is 7.08. The van der Waals surface area contributed by atoms with E-state index in [1.807, 2.05) is 49.6 Å². The van der Waals surface area contributed by atoms with Crippen LogP contribution >= 0.6 is 11.8 Å². The van der Waals surface area contributed by atoms with Crippen molar-refractivity contribution in [1.29, 1.82) is 0 Å². The molecule has 0 bridgehead atoms. The van der Waals surface area contributed by atoms with Gasteiger partial charge < -0.3 is 9.47 Å². The van der Waals surface area contributed by atoms with Gasteiger partial charge in [-0.15, -0.1) is 10.2 Å². The number of rotatable bonds is 10. The summed E-state index contributed by atoms with van der Waals surface area (Å²) >= 11 is 1.52. The van der Waals surface area contributed by atoms with Gasteiger partial charge in [0, 0.05) is 6.42 Å². The maximum atomic E-state index is 5.77. The van der Waals surface area contributed by atoms with Gasteiger partial charge in [-0.25, -0.2) is 0 Å². The Labute approximate surface area is 176 Å². The number of aromatic nitrogens is 3. The highest BCUT2D eigenvalue weighted by molar-refractivity contribution is 7.98. The van der Waals surface area contributed by atoms with Crippen molar-refractivity contribution in [2.24, 2.45) is 5.10 Å². The SMILES string of the molecule is CCCOc1ccc(/C=N\n2c(Cc3ccccc3)nnc2SC)cc1OCC. The Morgan fingerprint density at radius 1 is 1.03 bits per heavy atom. The number of hydrogen-bond acceptors (Lipinski definition) is 6. The van der Waals surface area contributed by atoms with Crippen LogP contribution in [0.25, 0.3) is 0 Å². The summed E-state index contributed by atoms with van der Waals surface area (Å²) in [5, 5.41) is 14.0. The Bertz CT molecular complexity index is 941. The van der Waals surface area contributed by atoms with Gasteiger partial charge in [0.05, 0.1) is 19.4 Å². The number of nitrogens with zero attached hydrogens (tertiary/aromatic N) is 4. The maximum absolute atomic E-state index is 5.77. The summed E-state index contributed by atoms with van der Waals surface area (Å²) < 4.78 is 13.3. The van der Waals surface area contributed by atoms with Crippen LogP contribution < -0.4 is 9.47 Å². The van der Waals surface area contributed by atoms with Crippen molar-refractivity contribution in [1.82, 2.24) is 14.9 Å². The molecule has 0 aliphatic heterocycles. The summed E-state index contributed by atoms with van der Waals surface area (Å²) in [5.41, 5.74) is 2.09. The first-order valence-electron chi connectivity index (χ1n) is 9.71. The highest BCUT2D eigenvalue weighted by Crippen LogP contribution is 2.28. The molecule has 152 valence electrons. The Kier molecular flexibility index (Phi) is 7.69. The van der Waals surface area contributed by atoms with E-state index in [1.54, 1.807) is 10.9 Å². The topological polar surface area (TPSA) is 61.5 Å². The lowest BCUT2D eigenvalue weighted by Crippen LogP contribution is -2.02. The van der Waals surface area contributed by atoms with E-state index in [9.17, 15) is 0 Å². The van der Waals surface area contributed by atoms with Gasteiger partial charge in [-0.05, 0) is 48.9 Å². The third-order valence-electron chi connectivity index (χ3n) is 4.12. The van der Waals surface area contributed by atoms with Gasteiger partial charge in [-0.1, -0.05) is 49.0 Å². The number of hydrogen-bond donors (Lipinski definition) is 0. The number of ether oxygens (including phenoxy) is 2. The summed E-state index contributed by atoms with van der Waals surface area (Å²) in [5.74, 6) is 2.28. The van der Waals surface area contributed by atoms with Gasteiger partial charge in [-0.2, -0.15) is 9.78 Å². The van der Waals surface area contributed by atoms with Gasteiger partial charge in [0.15, 0.2) is 17.3 Å². The molecule has 29 heavy (non-hydrogen) atoms.